The van der Waals surface area contributed by atoms with Crippen LogP contribution in [-0.4, -0.2) is 25.3 Å². The van der Waals surface area contributed by atoms with E-state index in [4.69, 9.17) is 4.74 Å². The van der Waals surface area contributed by atoms with Crippen LogP contribution in [0.1, 0.15) is 52.4 Å². The molecule has 0 bridgehead atoms. The summed E-state index contributed by atoms with van der Waals surface area (Å²) in [6.45, 7) is 6.55. The molecule has 1 saturated heterocycles. The predicted molar refractivity (Wildman–Crippen MR) is 60.6 cm³/mol. The summed E-state index contributed by atoms with van der Waals surface area (Å²) in [6, 6.07) is 0.708. The SMILES string of the molecule is CCCCC(CC)NCC1CCCO1. The monoisotopic (exact) mass is 199 g/mol. The summed E-state index contributed by atoms with van der Waals surface area (Å²) in [5.74, 6) is 0. The van der Waals surface area contributed by atoms with Gasteiger partial charge in [0.15, 0.2) is 0 Å². The summed E-state index contributed by atoms with van der Waals surface area (Å²) in [7, 11) is 0. The minimum atomic E-state index is 0.491. The molecule has 0 aromatic carbocycles. The Balaban J connectivity index is 2.06. The molecule has 1 heterocycles. The Hall–Kier alpha value is -0.0800. The highest BCUT2D eigenvalue weighted by Crippen LogP contribution is 2.12. The Morgan fingerprint density at radius 3 is 2.86 bits per heavy atom. The third-order valence-electron chi connectivity index (χ3n) is 3.06. The highest BCUT2D eigenvalue weighted by Gasteiger charge is 2.16. The maximum atomic E-state index is 5.59. The van der Waals surface area contributed by atoms with Crippen molar-refractivity contribution in [1.29, 1.82) is 0 Å². The minimum Gasteiger partial charge on any atom is -0.377 e. The van der Waals surface area contributed by atoms with E-state index in [1.165, 1.54) is 38.5 Å². The Bertz CT molecular complexity index is 132. The summed E-state index contributed by atoms with van der Waals surface area (Å²) in [6.07, 6.45) is 8.20. The van der Waals surface area contributed by atoms with Crippen molar-refractivity contribution in [3.05, 3.63) is 0 Å². The van der Waals surface area contributed by atoms with Crippen LogP contribution in [0, 0.1) is 0 Å². The Kier molecular flexibility index (Phi) is 6.20. The average Bonchev–Trinajstić information content (AvgIpc) is 2.71. The molecule has 0 saturated carbocycles. The fourth-order valence-corrected chi connectivity index (χ4v) is 2.00. The lowest BCUT2D eigenvalue weighted by Crippen LogP contribution is -2.35. The summed E-state index contributed by atoms with van der Waals surface area (Å²) in [5, 5.41) is 3.62. The molecular weight excluding hydrogens is 174 g/mol. The van der Waals surface area contributed by atoms with Gasteiger partial charge in [0, 0.05) is 19.2 Å². The Labute approximate surface area is 88.4 Å². The molecule has 0 spiro atoms. The van der Waals surface area contributed by atoms with E-state index in [0.717, 1.165) is 13.2 Å². The molecule has 0 radical (unpaired) electrons. The van der Waals surface area contributed by atoms with Crippen molar-refractivity contribution in [3.63, 3.8) is 0 Å². The third kappa shape index (κ3) is 4.43. The van der Waals surface area contributed by atoms with Crippen LogP contribution < -0.4 is 5.32 Å². The van der Waals surface area contributed by atoms with Crippen LogP contribution >= 0.6 is 0 Å². The van der Waals surface area contributed by atoms with E-state index in [0.29, 0.717) is 12.1 Å². The van der Waals surface area contributed by atoms with Crippen molar-refractivity contribution in [2.24, 2.45) is 0 Å². The maximum Gasteiger partial charge on any atom is 0.0700 e. The predicted octanol–water partition coefficient (Wildman–Crippen LogP) is 2.72. The number of nitrogens with one attached hydrogen (secondary N) is 1. The van der Waals surface area contributed by atoms with E-state index >= 15 is 0 Å². The van der Waals surface area contributed by atoms with Gasteiger partial charge in [0.1, 0.15) is 0 Å². The number of hydrogen-bond acceptors (Lipinski definition) is 2. The van der Waals surface area contributed by atoms with Gasteiger partial charge in [-0.1, -0.05) is 26.7 Å². The maximum absolute atomic E-state index is 5.59. The molecular formula is C12H25NO. The molecule has 14 heavy (non-hydrogen) atoms. The molecule has 0 aliphatic carbocycles. The van der Waals surface area contributed by atoms with Crippen LogP contribution in [0.3, 0.4) is 0 Å². The van der Waals surface area contributed by atoms with Gasteiger partial charge in [-0.05, 0) is 25.7 Å². The van der Waals surface area contributed by atoms with Gasteiger partial charge in [-0.3, -0.25) is 0 Å². The van der Waals surface area contributed by atoms with Gasteiger partial charge < -0.3 is 10.1 Å². The first-order valence-electron chi connectivity index (χ1n) is 6.21. The summed E-state index contributed by atoms with van der Waals surface area (Å²) in [4.78, 5) is 0. The van der Waals surface area contributed by atoms with E-state index < -0.39 is 0 Å². The van der Waals surface area contributed by atoms with Crippen LogP contribution in [0.5, 0.6) is 0 Å². The van der Waals surface area contributed by atoms with E-state index in [2.05, 4.69) is 19.2 Å². The molecule has 1 aliphatic rings. The van der Waals surface area contributed by atoms with Crippen molar-refractivity contribution in [2.75, 3.05) is 13.2 Å². The van der Waals surface area contributed by atoms with Gasteiger partial charge in [-0.25, -0.2) is 0 Å². The number of rotatable bonds is 7. The van der Waals surface area contributed by atoms with Crippen LogP contribution in [0.25, 0.3) is 0 Å². The number of hydrogen-bond donors (Lipinski definition) is 1. The summed E-state index contributed by atoms with van der Waals surface area (Å²) in [5.41, 5.74) is 0. The minimum absolute atomic E-state index is 0.491. The average molecular weight is 199 g/mol. The molecule has 2 atom stereocenters. The van der Waals surface area contributed by atoms with Crippen molar-refractivity contribution in [1.82, 2.24) is 5.32 Å². The molecule has 2 heteroatoms. The molecule has 0 aromatic rings. The van der Waals surface area contributed by atoms with Gasteiger partial charge in [-0.2, -0.15) is 0 Å². The molecule has 84 valence electrons. The Morgan fingerprint density at radius 2 is 2.29 bits per heavy atom. The molecule has 1 fully saturated rings. The van der Waals surface area contributed by atoms with E-state index in [1.807, 2.05) is 0 Å². The van der Waals surface area contributed by atoms with Gasteiger partial charge >= 0.3 is 0 Å². The van der Waals surface area contributed by atoms with Gasteiger partial charge in [0.05, 0.1) is 6.10 Å². The summed E-state index contributed by atoms with van der Waals surface area (Å²) < 4.78 is 5.59. The fraction of sp³-hybridized carbons (Fsp3) is 1.00. The van der Waals surface area contributed by atoms with E-state index in [1.54, 1.807) is 0 Å². The lowest BCUT2D eigenvalue weighted by atomic mass is 10.1. The van der Waals surface area contributed by atoms with Crippen LogP contribution in [0.15, 0.2) is 0 Å². The van der Waals surface area contributed by atoms with Crippen molar-refractivity contribution < 1.29 is 4.74 Å². The van der Waals surface area contributed by atoms with Crippen LogP contribution in [-0.2, 0) is 4.74 Å². The van der Waals surface area contributed by atoms with Gasteiger partial charge in [0.2, 0.25) is 0 Å². The topological polar surface area (TPSA) is 21.3 Å². The number of ether oxygens (including phenoxy) is 1. The third-order valence-corrected chi connectivity index (χ3v) is 3.06. The van der Waals surface area contributed by atoms with E-state index in [-0.39, 0.29) is 0 Å². The van der Waals surface area contributed by atoms with Gasteiger partial charge in [-0.15, -0.1) is 0 Å². The largest absolute Gasteiger partial charge is 0.377 e. The van der Waals surface area contributed by atoms with E-state index in [9.17, 15) is 0 Å². The quantitative estimate of drug-likeness (QED) is 0.680. The number of unbranched alkanes of at least 4 members (excludes halogenated alkanes) is 1. The molecule has 0 aromatic heterocycles. The second kappa shape index (κ2) is 7.24. The smallest absolute Gasteiger partial charge is 0.0700 e. The molecule has 0 amide bonds. The second-order valence-corrected chi connectivity index (χ2v) is 4.29. The first-order valence-corrected chi connectivity index (χ1v) is 6.21. The molecule has 2 nitrogen and oxygen atoms in total. The lowest BCUT2D eigenvalue weighted by molar-refractivity contribution is 0.107. The van der Waals surface area contributed by atoms with Crippen LogP contribution in [0.4, 0.5) is 0 Å². The zero-order valence-electron chi connectivity index (χ0n) is 9.72. The second-order valence-electron chi connectivity index (χ2n) is 4.29. The highest BCUT2D eigenvalue weighted by atomic mass is 16.5. The molecule has 1 N–H and O–H groups in total. The van der Waals surface area contributed by atoms with Gasteiger partial charge in [0.25, 0.3) is 0 Å². The zero-order chi connectivity index (χ0) is 10.2. The Morgan fingerprint density at radius 1 is 1.43 bits per heavy atom. The fourth-order valence-electron chi connectivity index (χ4n) is 2.00. The molecule has 1 aliphatic heterocycles. The van der Waals surface area contributed by atoms with Crippen molar-refractivity contribution >= 4 is 0 Å². The molecule has 1 rings (SSSR count). The standard InChI is InChI=1S/C12H25NO/c1-3-5-7-11(4-2)13-10-12-8-6-9-14-12/h11-13H,3-10H2,1-2H3. The zero-order valence-corrected chi connectivity index (χ0v) is 9.72. The van der Waals surface area contributed by atoms with Crippen LogP contribution in [0.2, 0.25) is 0 Å². The normalized spacial score (nSPS) is 24.0. The molecule has 2 unspecified atom stereocenters. The first-order chi connectivity index (χ1) is 6.86. The van der Waals surface area contributed by atoms with Crippen molar-refractivity contribution in [2.45, 2.75) is 64.5 Å². The highest BCUT2D eigenvalue weighted by molar-refractivity contribution is 4.71. The van der Waals surface area contributed by atoms with Crippen molar-refractivity contribution in [3.8, 4) is 0 Å². The lowest BCUT2D eigenvalue weighted by Gasteiger charge is -2.19. The first kappa shape index (κ1) is 12.0. The summed E-state index contributed by atoms with van der Waals surface area (Å²) >= 11 is 0.